The highest BCUT2D eigenvalue weighted by atomic mass is 19.1. The second kappa shape index (κ2) is 6.76. The van der Waals surface area contributed by atoms with E-state index in [-0.39, 0.29) is 11.4 Å². The van der Waals surface area contributed by atoms with Crippen LogP contribution >= 0.6 is 0 Å². The molecule has 1 N–H and O–H groups in total. The smallest absolute Gasteiger partial charge is 0.255 e. The number of aromatic nitrogens is 4. The van der Waals surface area contributed by atoms with E-state index < -0.39 is 0 Å². The van der Waals surface area contributed by atoms with Gasteiger partial charge in [0.05, 0.1) is 16.8 Å². The van der Waals surface area contributed by atoms with Crippen molar-refractivity contribution < 1.29 is 4.39 Å². The SMILES string of the molecule is Cc1cc(F)ccc1CN1CCc2nc(-c3cncnc3)[nH]c(=O)c2C1. The van der Waals surface area contributed by atoms with Gasteiger partial charge >= 0.3 is 0 Å². The van der Waals surface area contributed by atoms with E-state index in [1.165, 1.54) is 18.5 Å². The predicted molar refractivity (Wildman–Crippen MR) is 94.8 cm³/mol. The molecule has 0 spiro atoms. The summed E-state index contributed by atoms with van der Waals surface area (Å²) >= 11 is 0. The molecule has 3 heterocycles. The quantitative estimate of drug-likeness (QED) is 0.783. The summed E-state index contributed by atoms with van der Waals surface area (Å²) in [6.07, 6.45) is 5.39. The molecule has 4 rings (SSSR count). The van der Waals surface area contributed by atoms with Crippen LogP contribution in [0.5, 0.6) is 0 Å². The zero-order valence-corrected chi connectivity index (χ0v) is 14.4. The van der Waals surface area contributed by atoms with Crippen molar-refractivity contribution in [2.24, 2.45) is 0 Å². The fourth-order valence-corrected chi connectivity index (χ4v) is 3.25. The Morgan fingerprint density at radius 3 is 2.85 bits per heavy atom. The van der Waals surface area contributed by atoms with E-state index in [2.05, 4.69) is 24.8 Å². The van der Waals surface area contributed by atoms with E-state index in [4.69, 9.17) is 0 Å². The number of hydrogen-bond acceptors (Lipinski definition) is 5. The summed E-state index contributed by atoms with van der Waals surface area (Å²) in [5, 5.41) is 0. The zero-order valence-electron chi connectivity index (χ0n) is 14.4. The number of aromatic amines is 1. The molecule has 1 aliphatic heterocycles. The number of H-pyrrole nitrogens is 1. The molecular formula is C19H18FN5O. The summed E-state index contributed by atoms with van der Waals surface area (Å²) in [4.78, 5) is 30.1. The number of fused-ring (bicyclic) bond motifs is 1. The van der Waals surface area contributed by atoms with E-state index in [1.54, 1.807) is 18.5 Å². The molecule has 0 atom stereocenters. The molecule has 0 unspecified atom stereocenters. The van der Waals surface area contributed by atoms with Gasteiger partial charge in [-0.2, -0.15) is 0 Å². The summed E-state index contributed by atoms with van der Waals surface area (Å²) in [6.45, 7) is 3.91. The minimum absolute atomic E-state index is 0.130. The molecule has 2 aromatic heterocycles. The minimum atomic E-state index is -0.228. The van der Waals surface area contributed by atoms with Crippen LogP contribution in [0.25, 0.3) is 11.4 Å². The van der Waals surface area contributed by atoms with Crippen LogP contribution in [0.1, 0.15) is 22.4 Å². The fraction of sp³-hybridized carbons (Fsp3) is 0.263. The van der Waals surface area contributed by atoms with Crippen LogP contribution in [-0.2, 0) is 19.5 Å². The second-order valence-corrected chi connectivity index (χ2v) is 6.50. The molecule has 0 amide bonds. The monoisotopic (exact) mass is 351 g/mol. The van der Waals surface area contributed by atoms with Gasteiger partial charge in [0.1, 0.15) is 18.0 Å². The van der Waals surface area contributed by atoms with Gasteiger partial charge in [0.25, 0.3) is 5.56 Å². The van der Waals surface area contributed by atoms with Crippen LogP contribution in [0, 0.1) is 12.7 Å². The lowest BCUT2D eigenvalue weighted by atomic mass is 10.0. The van der Waals surface area contributed by atoms with Crippen molar-refractivity contribution in [1.29, 1.82) is 0 Å². The highest BCUT2D eigenvalue weighted by Crippen LogP contribution is 2.20. The predicted octanol–water partition coefficient (Wildman–Crippen LogP) is 2.23. The van der Waals surface area contributed by atoms with Gasteiger partial charge in [0.15, 0.2) is 0 Å². The van der Waals surface area contributed by atoms with Crippen molar-refractivity contribution in [1.82, 2.24) is 24.8 Å². The Kier molecular flexibility index (Phi) is 4.30. The number of halogens is 1. The van der Waals surface area contributed by atoms with Crippen LogP contribution in [0.3, 0.4) is 0 Å². The first-order chi connectivity index (χ1) is 12.6. The Hall–Kier alpha value is -2.93. The van der Waals surface area contributed by atoms with Gasteiger partial charge in [0.2, 0.25) is 0 Å². The van der Waals surface area contributed by atoms with Crippen molar-refractivity contribution in [3.05, 3.63) is 75.5 Å². The Morgan fingerprint density at radius 1 is 1.27 bits per heavy atom. The molecular weight excluding hydrogens is 333 g/mol. The van der Waals surface area contributed by atoms with E-state index in [0.717, 1.165) is 23.4 Å². The Balaban J connectivity index is 1.58. The first kappa shape index (κ1) is 16.5. The van der Waals surface area contributed by atoms with Gasteiger partial charge in [-0.3, -0.25) is 9.69 Å². The lowest BCUT2D eigenvalue weighted by Crippen LogP contribution is -2.35. The average molecular weight is 351 g/mol. The van der Waals surface area contributed by atoms with E-state index in [0.29, 0.717) is 36.5 Å². The standard InChI is InChI=1S/C19H18FN5O/c1-12-6-15(20)3-2-13(12)9-25-5-4-17-16(10-25)19(26)24-18(23-17)14-7-21-11-22-8-14/h2-3,6-8,11H,4-5,9-10H2,1H3,(H,23,24,26). The summed E-state index contributed by atoms with van der Waals surface area (Å²) in [7, 11) is 0. The second-order valence-electron chi connectivity index (χ2n) is 6.50. The Labute approximate surface area is 149 Å². The number of nitrogens with zero attached hydrogens (tertiary/aromatic N) is 4. The zero-order chi connectivity index (χ0) is 18.1. The molecule has 0 bridgehead atoms. The summed E-state index contributed by atoms with van der Waals surface area (Å²) in [6, 6.07) is 4.82. The van der Waals surface area contributed by atoms with Crippen molar-refractivity contribution in [2.75, 3.05) is 6.54 Å². The fourth-order valence-electron chi connectivity index (χ4n) is 3.25. The van der Waals surface area contributed by atoms with Gasteiger partial charge in [-0.15, -0.1) is 0 Å². The maximum absolute atomic E-state index is 13.3. The number of aryl methyl sites for hydroxylation is 1. The molecule has 0 aliphatic carbocycles. The molecule has 1 aliphatic rings. The first-order valence-corrected chi connectivity index (χ1v) is 8.45. The lowest BCUT2D eigenvalue weighted by Gasteiger charge is -2.28. The van der Waals surface area contributed by atoms with Crippen LogP contribution in [0.2, 0.25) is 0 Å². The third kappa shape index (κ3) is 3.25. The topological polar surface area (TPSA) is 74.8 Å². The largest absolute Gasteiger partial charge is 0.306 e. The number of nitrogens with one attached hydrogen (secondary N) is 1. The highest BCUT2D eigenvalue weighted by molar-refractivity contribution is 5.52. The van der Waals surface area contributed by atoms with Crippen LogP contribution < -0.4 is 5.56 Å². The molecule has 0 saturated carbocycles. The van der Waals surface area contributed by atoms with Gasteiger partial charge in [0, 0.05) is 38.4 Å². The van der Waals surface area contributed by atoms with Crippen LogP contribution in [0.4, 0.5) is 4.39 Å². The van der Waals surface area contributed by atoms with Gasteiger partial charge in [-0.1, -0.05) is 6.07 Å². The summed E-state index contributed by atoms with van der Waals surface area (Å²) in [5.74, 6) is 0.269. The van der Waals surface area contributed by atoms with Crippen molar-refractivity contribution in [3.8, 4) is 11.4 Å². The molecule has 0 radical (unpaired) electrons. The molecule has 0 saturated heterocycles. The molecule has 0 fully saturated rings. The Morgan fingerprint density at radius 2 is 2.08 bits per heavy atom. The summed E-state index contributed by atoms with van der Waals surface area (Å²) in [5.41, 5.74) is 4.06. The maximum Gasteiger partial charge on any atom is 0.255 e. The number of rotatable bonds is 3. The van der Waals surface area contributed by atoms with Gasteiger partial charge in [-0.25, -0.2) is 19.3 Å². The minimum Gasteiger partial charge on any atom is -0.306 e. The van der Waals surface area contributed by atoms with Gasteiger partial charge in [-0.05, 0) is 30.2 Å². The summed E-state index contributed by atoms with van der Waals surface area (Å²) < 4.78 is 13.3. The molecule has 7 heteroatoms. The van der Waals surface area contributed by atoms with E-state index in [9.17, 15) is 9.18 Å². The van der Waals surface area contributed by atoms with E-state index in [1.807, 2.05) is 6.92 Å². The van der Waals surface area contributed by atoms with Gasteiger partial charge < -0.3 is 4.98 Å². The van der Waals surface area contributed by atoms with Crippen molar-refractivity contribution in [3.63, 3.8) is 0 Å². The van der Waals surface area contributed by atoms with Crippen LogP contribution in [0.15, 0.2) is 41.7 Å². The molecule has 6 nitrogen and oxygen atoms in total. The average Bonchev–Trinajstić information content (AvgIpc) is 2.65. The molecule has 132 valence electrons. The first-order valence-electron chi connectivity index (χ1n) is 8.45. The number of hydrogen-bond donors (Lipinski definition) is 1. The Bertz CT molecular complexity index is 1000. The normalized spacial score (nSPS) is 14.2. The van der Waals surface area contributed by atoms with E-state index >= 15 is 0 Å². The molecule has 26 heavy (non-hydrogen) atoms. The molecule has 1 aromatic carbocycles. The van der Waals surface area contributed by atoms with Crippen molar-refractivity contribution >= 4 is 0 Å². The number of benzene rings is 1. The van der Waals surface area contributed by atoms with Crippen molar-refractivity contribution in [2.45, 2.75) is 26.4 Å². The third-order valence-electron chi connectivity index (χ3n) is 4.68. The van der Waals surface area contributed by atoms with Crippen LogP contribution in [-0.4, -0.2) is 31.4 Å². The highest BCUT2D eigenvalue weighted by Gasteiger charge is 2.22. The third-order valence-corrected chi connectivity index (χ3v) is 4.68. The molecule has 3 aromatic rings. The maximum atomic E-state index is 13.3. The lowest BCUT2D eigenvalue weighted by molar-refractivity contribution is 0.241.